The molecular weight excluding hydrogens is 325 g/mol. The summed E-state index contributed by atoms with van der Waals surface area (Å²) in [6.45, 7) is 1.59. The van der Waals surface area contributed by atoms with Crippen molar-refractivity contribution in [1.82, 2.24) is 5.32 Å². The average molecular weight is 338 g/mol. The molecule has 0 aliphatic rings. The first kappa shape index (κ1) is 15.1. The Hall–Kier alpha value is -0.950. The minimum absolute atomic E-state index is 0.138. The van der Waals surface area contributed by atoms with Crippen LogP contribution in [-0.4, -0.2) is 32.4 Å². The number of carbonyl (C=O) groups is 1. The first-order valence-electron chi connectivity index (χ1n) is 5.12. The molecule has 1 N–H and O–H groups in total. The molecule has 4 nitrogen and oxygen atoms in total. The van der Waals surface area contributed by atoms with Crippen LogP contribution < -0.4 is 5.32 Å². The molecule has 0 fully saturated rings. The molecule has 0 aromatic heterocycles. The third-order valence-electron chi connectivity index (χ3n) is 2.11. The van der Waals surface area contributed by atoms with Gasteiger partial charge in [-0.2, -0.15) is 0 Å². The lowest BCUT2D eigenvalue weighted by atomic mass is 10.2. The van der Waals surface area contributed by atoms with Crippen LogP contribution in [0.15, 0.2) is 22.7 Å². The van der Waals surface area contributed by atoms with E-state index in [0.29, 0.717) is 0 Å². The molecule has 0 bridgehead atoms. The molecule has 1 aromatic rings. The van der Waals surface area contributed by atoms with Crippen molar-refractivity contribution in [2.24, 2.45) is 0 Å². The van der Waals surface area contributed by atoms with Crippen molar-refractivity contribution in [1.29, 1.82) is 0 Å². The van der Waals surface area contributed by atoms with Gasteiger partial charge < -0.3 is 5.32 Å². The van der Waals surface area contributed by atoms with Crippen LogP contribution in [0, 0.1) is 5.82 Å². The fraction of sp³-hybridized carbons (Fsp3) is 0.364. The summed E-state index contributed by atoms with van der Waals surface area (Å²) in [6, 6.07) is 3.34. The Morgan fingerprint density at radius 1 is 1.50 bits per heavy atom. The summed E-state index contributed by atoms with van der Waals surface area (Å²) in [5.41, 5.74) is 0.267. The predicted molar refractivity (Wildman–Crippen MR) is 70.7 cm³/mol. The summed E-state index contributed by atoms with van der Waals surface area (Å²) < 4.78 is 35.3. The second kappa shape index (κ2) is 5.79. The zero-order chi connectivity index (χ0) is 13.9. The molecule has 0 saturated carbocycles. The third kappa shape index (κ3) is 4.73. The molecule has 0 aliphatic carbocycles. The quantitative estimate of drug-likeness (QED) is 0.910. The highest BCUT2D eigenvalue weighted by Crippen LogP contribution is 2.16. The second-order valence-corrected chi connectivity index (χ2v) is 7.13. The van der Waals surface area contributed by atoms with Crippen LogP contribution in [0.5, 0.6) is 0 Å². The van der Waals surface area contributed by atoms with Crippen molar-refractivity contribution in [2.75, 3.05) is 12.0 Å². The maximum absolute atomic E-state index is 13.0. The summed E-state index contributed by atoms with van der Waals surface area (Å²) in [5, 5.41) is 2.54. The van der Waals surface area contributed by atoms with E-state index < -0.39 is 27.6 Å². The number of benzene rings is 1. The lowest BCUT2D eigenvalue weighted by Crippen LogP contribution is -2.37. The van der Waals surface area contributed by atoms with Gasteiger partial charge in [-0.05, 0) is 41.1 Å². The highest BCUT2D eigenvalue weighted by molar-refractivity contribution is 9.10. The second-order valence-electron chi connectivity index (χ2n) is 4.10. The number of amides is 1. The van der Waals surface area contributed by atoms with E-state index in [1.807, 2.05) is 0 Å². The van der Waals surface area contributed by atoms with Crippen molar-refractivity contribution in [3.05, 3.63) is 34.1 Å². The fourth-order valence-corrected chi connectivity index (χ4v) is 2.81. The highest BCUT2D eigenvalue weighted by Gasteiger charge is 2.15. The van der Waals surface area contributed by atoms with Crippen LogP contribution in [0.2, 0.25) is 0 Å². The Balaban J connectivity index is 2.73. The standard InChI is InChI=1S/C11H13BrFNO3S/c1-7(6-18(2,16)17)14-11(15)8-3-4-10(13)9(12)5-8/h3-5,7H,6H2,1-2H3,(H,14,15)/t7-/m0/s1. The molecule has 0 unspecified atom stereocenters. The zero-order valence-corrected chi connectivity index (χ0v) is 12.3. The fourth-order valence-electron chi connectivity index (χ4n) is 1.44. The first-order valence-corrected chi connectivity index (χ1v) is 7.98. The maximum Gasteiger partial charge on any atom is 0.251 e. The molecule has 0 heterocycles. The van der Waals surface area contributed by atoms with Gasteiger partial charge in [0.25, 0.3) is 5.91 Å². The van der Waals surface area contributed by atoms with Crippen molar-refractivity contribution in [3.63, 3.8) is 0 Å². The van der Waals surface area contributed by atoms with Gasteiger partial charge >= 0.3 is 0 Å². The van der Waals surface area contributed by atoms with Gasteiger partial charge in [0, 0.05) is 17.9 Å². The van der Waals surface area contributed by atoms with Gasteiger partial charge in [0.15, 0.2) is 0 Å². The van der Waals surface area contributed by atoms with Crippen molar-refractivity contribution in [3.8, 4) is 0 Å². The van der Waals surface area contributed by atoms with Crippen LogP contribution >= 0.6 is 15.9 Å². The van der Waals surface area contributed by atoms with Gasteiger partial charge in [-0.3, -0.25) is 4.79 Å². The number of hydrogen-bond donors (Lipinski definition) is 1. The van der Waals surface area contributed by atoms with Gasteiger partial charge in [0.2, 0.25) is 0 Å². The van der Waals surface area contributed by atoms with Gasteiger partial charge in [-0.1, -0.05) is 0 Å². The summed E-state index contributed by atoms with van der Waals surface area (Å²) in [4.78, 5) is 11.8. The van der Waals surface area contributed by atoms with E-state index in [0.717, 1.165) is 6.26 Å². The van der Waals surface area contributed by atoms with Crippen molar-refractivity contribution in [2.45, 2.75) is 13.0 Å². The molecule has 1 atom stereocenters. The Bertz CT molecular complexity index is 559. The Kier molecular flexibility index (Phi) is 4.86. The molecule has 0 radical (unpaired) electrons. The van der Waals surface area contributed by atoms with Crippen LogP contribution in [0.4, 0.5) is 4.39 Å². The van der Waals surface area contributed by atoms with E-state index in [4.69, 9.17) is 0 Å². The number of sulfone groups is 1. The van der Waals surface area contributed by atoms with Gasteiger partial charge in [0.1, 0.15) is 15.7 Å². The van der Waals surface area contributed by atoms with E-state index in [1.54, 1.807) is 6.92 Å². The Labute approximate surface area is 114 Å². The topological polar surface area (TPSA) is 63.2 Å². The predicted octanol–water partition coefficient (Wildman–Crippen LogP) is 1.75. The van der Waals surface area contributed by atoms with E-state index in [2.05, 4.69) is 21.2 Å². The lowest BCUT2D eigenvalue weighted by Gasteiger charge is -2.12. The summed E-state index contributed by atoms with van der Waals surface area (Å²) in [7, 11) is -3.15. The largest absolute Gasteiger partial charge is 0.349 e. The molecule has 0 spiro atoms. The number of carbonyl (C=O) groups excluding carboxylic acids is 1. The monoisotopic (exact) mass is 337 g/mol. The van der Waals surface area contributed by atoms with E-state index in [9.17, 15) is 17.6 Å². The molecular formula is C11H13BrFNO3S. The number of hydrogen-bond acceptors (Lipinski definition) is 3. The SMILES string of the molecule is C[C@@H](CS(C)(=O)=O)NC(=O)c1ccc(F)c(Br)c1. The van der Waals surface area contributed by atoms with Gasteiger partial charge in [-0.15, -0.1) is 0 Å². The first-order chi connectivity index (χ1) is 8.19. The normalized spacial score (nSPS) is 13.1. The maximum atomic E-state index is 13.0. The average Bonchev–Trinajstić information content (AvgIpc) is 2.18. The number of nitrogens with one attached hydrogen (secondary N) is 1. The van der Waals surface area contributed by atoms with Crippen LogP contribution in [0.1, 0.15) is 17.3 Å². The third-order valence-corrected chi connectivity index (χ3v) is 3.83. The van der Waals surface area contributed by atoms with Crippen molar-refractivity contribution >= 4 is 31.7 Å². The summed E-state index contributed by atoms with van der Waals surface area (Å²) >= 11 is 2.98. The van der Waals surface area contributed by atoms with E-state index >= 15 is 0 Å². The van der Waals surface area contributed by atoms with Gasteiger partial charge in [0.05, 0.1) is 10.2 Å². The minimum atomic E-state index is -3.15. The number of rotatable bonds is 4. The molecule has 1 amide bonds. The minimum Gasteiger partial charge on any atom is -0.349 e. The van der Waals surface area contributed by atoms with E-state index in [-0.39, 0.29) is 15.8 Å². The Morgan fingerprint density at radius 2 is 2.11 bits per heavy atom. The lowest BCUT2D eigenvalue weighted by molar-refractivity contribution is 0.0943. The van der Waals surface area contributed by atoms with Crippen LogP contribution in [-0.2, 0) is 9.84 Å². The molecule has 7 heteroatoms. The Morgan fingerprint density at radius 3 is 2.61 bits per heavy atom. The summed E-state index contributed by atoms with van der Waals surface area (Å²) in [6.07, 6.45) is 1.10. The molecule has 18 heavy (non-hydrogen) atoms. The van der Waals surface area contributed by atoms with E-state index in [1.165, 1.54) is 18.2 Å². The van der Waals surface area contributed by atoms with Crippen LogP contribution in [0.3, 0.4) is 0 Å². The molecule has 1 rings (SSSR count). The molecule has 100 valence electrons. The van der Waals surface area contributed by atoms with Crippen LogP contribution in [0.25, 0.3) is 0 Å². The van der Waals surface area contributed by atoms with Gasteiger partial charge in [-0.25, -0.2) is 12.8 Å². The zero-order valence-electron chi connectivity index (χ0n) is 9.91. The number of halogens is 2. The smallest absolute Gasteiger partial charge is 0.251 e. The highest BCUT2D eigenvalue weighted by atomic mass is 79.9. The molecule has 1 aromatic carbocycles. The summed E-state index contributed by atoms with van der Waals surface area (Å²) in [5.74, 6) is -1.04. The van der Waals surface area contributed by atoms with Crippen molar-refractivity contribution < 1.29 is 17.6 Å². The molecule has 0 aliphatic heterocycles. The molecule has 0 saturated heterocycles.